The van der Waals surface area contributed by atoms with Gasteiger partial charge in [-0.3, -0.25) is 4.57 Å². The maximum Gasteiger partial charge on any atom is 0.196 e. The topological polar surface area (TPSA) is 49.2 Å². The van der Waals surface area contributed by atoms with E-state index in [4.69, 9.17) is 9.47 Å². The van der Waals surface area contributed by atoms with Crippen LogP contribution in [-0.4, -0.2) is 29.0 Å². The van der Waals surface area contributed by atoms with Gasteiger partial charge in [-0.15, -0.1) is 21.5 Å². The van der Waals surface area contributed by atoms with Gasteiger partial charge in [-0.05, 0) is 36.6 Å². The molecule has 2 heterocycles. The van der Waals surface area contributed by atoms with Crippen molar-refractivity contribution in [2.45, 2.75) is 17.8 Å². The average Bonchev–Trinajstić information content (AvgIpc) is 3.42. The highest BCUT2D eigenvalue weighted by Crippen LogP contribution is 2.36. The molecule has 0 saturated carbocycles. The molecule has 0 unspecified atom stereocenters. The number of thiophene rings is 1. The first-order valence-corrected chi connectivity index (χ1v) is 11.0. The predicted octanol–water partition coefficient (Wildman–Crippen LogP) is 5.61. The Morgan fingerprint density at radius 3 is 2.55 bits per heavy atom. The summed E-state index contributed by atoms with van der Waals surface area (Å²) in [6.07, 6.45) is 0. The van der Waals surface area contributed by atoms with Crippen molar-refractivity contribution >= 4 is 23.1 Å². The van der Waals surface area contributed by atoms with Crippen LogP contribution in [0.25, 0.3) is 16.4 Å². The fraction of sp³-hybridized carbons (Fsp3) is 0.182. The molecule has 4 rings (SSSR count). The second kappa shape index (κ2) is 8.71. The summed E-state index contributed by atoms with van der Waals surface area (Å²) in [6, 6.07) is 18.2. The Morgan fingerprint density at radius 1 is 0.966 bits per heavy atom. The van der Waals surface area contributed by atoms with Crippen LogP contribution in [0.1, 0.15) is 11.1 Å². The Bertz CT molecular complexity index is 1110. The highest BCUT2D eigenvalue weighted by Gasteiger charge is 2.20. The second-order valence-electron chi connectivity index (χ2n) is 6.39. The smallest absolute Gasteiger partial charge is 0.196 e. The molecule has 148 valence electrons. The van der Waals surface area contributed by atoms with Crippen LogP contribution in [0.3, 0.4) is 0 Å². The standard InChI is InChI=1S/C22H21N3O2S2/c1-15-10-11-18(26-2)16(13-15)14-29-22-24-23-21(20-9-6-12-28-20)25(22)17-7-4-5-8-19(17)27-3/h4-13H,14H2,1-3H3. The van der Waals surface area contributed by atoms with Crippen molar-refractivity contribution in [1.29, 1.82) is 0 Å². The van der Waals surface area contributed by atoms with E-state index < -0.39 is 0 Å². The van der Waals surface area contributed by atoms with Gasteiger partial charge in [0, 0.05) is 11.3 Å². The van der Waals surface area contributed by atoms with Gasteiger partial charge in [0.2, 0.25) is 0 Å². The van der Waals surface area contributed by atoms with E-state index in [1.54, 1.807) is 37.3 Å². The number of hydrogen-bond donors (Lipinski definition) is 0. The van der Waals surface area contributed by atoms with Crippen molar-refractivity contribution in [3.8, 4) is 27.9 Å². The number of benzene rings is 2. The summed E-state index contributed by atoms with van der Waals surface area (Å²) in [5.41, 5.74) is 3.25. The molecule has 4 aromatic rings. The number of aromatic nitrogens is 3. The zero-order valence-electron chi connectivity index (χ0n) is 16.5. The minimum atomic E-state index is 0.725. The fourth-order valence-electron chi connectivity index (χ4n) is 3.12. The van der Waals surface area contributed by atoms with Crippen molar-refractivity contribution in [3.05, 3.63) is 71.1 Å². The lowest BCUT2D eigenvalue weighted by Gasteiger charge is -2.14. The molecule has 2 aromatic heterocycles. The van der Waals surface area contributed by atoms with Crippen molar-refractivity contribution < 1.29 is 9.47 Å². The molecule has 0 amide bonds. The summed E-state index contributed by atoms with van der Waals surface area (Å²) in [5.74, 6) is 3.19. The first-order chi connectivity index (χ1) is 14.2. The molecule has 0 spiro atoms. The monoisotopic (exact) mass is 423 g/mol. The van der Waals surface area contributed by atoms with Crippen LogP contribution in [0.15, 0.2) is 65.1 Å². The quantitative estimate of drug-likeness (QED) is 0.361. The number of rotatable bonds is 7. The van der Waals surface area contributed by atoms with E-state index in [1.165, 1.54) is 5.56 Å². The van der Waals surface area contributed by atoms with Gasteiger partial charge in [-0.2, -0.15) is 0 Å². The summed E-state index contributed by atoms with van der Waals surface area (Å²) >= 11 is 3.27. The minimum Gasteiger partial charge on any atom is -0.496 e. The minimum absolute atomic E-state index is 0.725. The number of methoxy groups -OCH3 is 2. The molecule has 0 saturated heterocycles. The molecule has 0 aliphatic carbocycles. The van der Waals surface area contributed by atoms with Gasteiger partial charge in [0.1, 0.15) is 11.5 Å². The number of hydrogen-bond acceptors (Lipinski definition) is 6. The summed E-state index contributed by atoms with van der Waals surface area (Å²) in [4.78, 5) is 1.06. The lowest BCUT2D eigenvalue weighted by atomic mass is 10.1. The molecule has 7 heteroatoms. The van der Waals surface area contributed by atoms with Crippen molar-refractivity contribution in [1.82, 2.24) is 14.8 Å². The number of para-hydroxylation sites is 2. The maximum absolute atomic E-state index is 5.61. The van der Waals surface area contributed by atoms with Crippen molar-refractivity contribution in [2.75, 3.05) is 14.2 Å². The molecular weight excluding hydrogens is 402 g/mol. The normalized spacial score (nSPS) is 10.9. The molecule has 2 aromatic carbocycles. The van der Waals surface area contributed by atoms with E-state index in [-0.39, 0.29) is 0 Å². The molecular formula is C22H21N3O2S2. The lowest BCUT2D eigenvalue weighted by molar-refractivity contribution is 0.411. The summed E-state index contributed by atoms with van der Waals surface area (Å²) in [6.45, 7) is 2.08. The summed E-state index contributed by atoms with van der Waals surface area (Å²) in [7, 11) is 3.38. The third-order valence-corrected chi connectivity index (χ3v) is 6.34. The van der Waals surface area contributed by atoms with E-state index >= 15 is 0 Å². The zero-order valence-corrected chi connectivity index (χ0v) is 18.1. The second-order valence-corrected chi connectivity index (χ2v) is 8.28. The van der Waals surface area contributed by atoms with Crippen molar-refractivity contribution in [2.24, 2.45) is 0 Å². The molecule has 0 fully saturated rings. The molecule has 0 aliphatic rings. The van der Waals surface area contributed by atoms with Crippen LogP contribution in [-0.2, 0) is 5.75 Å². The van der Waals surface area contributed by atoms with Gasteiger partial charge in [-0.1, -0.05) is 47.7 Å². The zero-order chi connectivity index (χ0) is 20.2. The van der Waals surface area contributed by atoms with Gasteiger partial charge in [-0.25, -0.2) is 0 Å². The van der Waals surface area contributed by atoms with Gasteiger partial charge >= 0.3 is 0 Å². The maximum atomic E-state index is 5.61. The van der Waals surface area contributed by atoms with Crippen LogP contribution in [0.5, 0.6) is 11.5 Å². The molecule has 0 aliphatic heterocycles. The lowest BCUT2D eigenvalue weighted by Crippen LogP contribution is -2.02. The highest BCUT2D eigenvalue weighted by molar-refractivity contribution is 7.98. The first kappa shape index (κ1) is 19.5. The number of ether oxygens (including phenoxy) is 2. The van der Waals surface area contributed by atoms with Crippen LogP contribution >= 0.6 is 23.1 Å². The van der Waals surface area contributed by atoms with Crippen LogP contribution < -0.4 is 9.47 Å². The van der Waals surface area contributed by atoms with E-state index in [2.05, 4.69) is 39.9 Å². The highest BCUT2D eigenvalue weighted by atomic mass is 32.2. The molecule has 29 heavy (non-hydrogen) atoms. The van der Waals surface area contributed by atoms with E-state index in [9.17, 15) is 0 Å². The number of nitrogens with zero attached hydrogens (tertiary/aromatic N) is 3. The average molecular weight is 424 g/mol. The van der Waals surface area contributed by atoms with Crippen LogP contribution in [0.4, 0.5) is 0 Å². The molecule has 0 radical (unpaired) electrons. The van der Waals surface area contributed by atoms with Crippen LogP contribution in [0, 0.1) is 6.92 Å². The van der Waals surface area contributed by atoms with E-state index in [0.29, 0.717) is 0 Å². The van der Waals surface area contributed by atoms with E-state index in [1.807, 2.05) is 41.8 Å². The molecule has 0 bridgehead atoms. The van der Waals surface area contributed by atoms with Gasteiger partial charge in [0.15, 0.2) is 11.0 Å². The Kier molecular flexibility index (Phi) is 5.87. The van der Waals surface area contributed by atoms with Gasteiger partial charge < -0.3 is 9.47 Å². The third kappa shape index (κ3) is 4.02. The Labute approximate surface area is 178 Å². The van der Waals surface area contributed by atoms with Gasteiger partial charge in [0.25, 0.3) is 0 Å². The third-order valence-electron chi connectivity index (χ3n) is 4.49. The number of aryl methyl sites for hydroxylation is 1. The number of thioether (sulfide) groups is 1. The molecule has 0 atom stereocenters. The fourth-order valence-corrected chi connectivity index (χ4v) is 4.74. The first-order valence-electron chi connectivity index (χ1n) is 9.10. The summed E-state index contributed by atoms with van der Waals surface area (Å²) < 4.78 is 13.2. The summed E-state index contributed by atoms with van der Waals surface area (Å²) in [5, 5.41) is 11.9. The Balaban J connectivity index is 1.76. The molecule has 5 nitrogen and oxygen atoms in total. The van der Waals surface area contributed by atoms with Crippen LogP contribution in [0.2, 0.25) is 0 Å². The molecule has 0 N–H and O–H groups in total. The van der Waals surface area contributed by atoms with Crippen molar-refractivity contribution in [3.63, 3.8) is 0 Å². The van der Waals surface area contributed by atoms with E-state index in [0.717, 1.165) is 44.4 Å². The predicted molar refractivity (Wildman–Crippen MR) is 119 cm³/mol. The largest absolute Gasteiger partial charge is 0.496 e. The van der Waals surface area contributed by atoms with Gasteiger partial charge in [0.05, 0.1) is 24.8 Å². The Morgan fingerprint density at radius 2 is 1.79 bits per heavy atom. The Hall–Kier alpha value is -2.77. The SMILES string of the molecule is COc1ccc(C)cc1CSc1nnc(-c2cccs2)n1-c1ccccc1OC.